The molecule has 0 bridgehead atoms. The van der Waals surface area contributed by atoms with Gasteiger partial charge in [-0.3, -0.25) is 4.79 Å². The number of hydrogen-bond donors (Lipinski definition) is 1. The van der Waals surface area contributed by atoms with Crippen LogP contribution in [0.3, 0.4) is 0 Å². The van der Waals surface area contributed by atoms with Crippen molar-refractivity contribution in [3.05, 3.63) is 47.4 Å². The maximum atomic E-state index is 13.4. The molecule has 3 aromatic rings. The van der Waals surface area contributed by atoms with Gasteiger partial charge in [0.05, 0.1) is 5.56 Å². The predicted molar refractivity (Wildman–Crippen MR) is 82.9 cm³/mol. The summed E-state index contributed by atoms with van der Waals surface area (Å²) in [5, 5.41) is 8.77. The fourth-order valence-electron chi connectivity index (χ4n) is 1.85. The highest BCUT2D eigenvalue weighted by atomic mass is 32.1. The number of anilines is 1. The molecule has 0 atom stereocenters. The summed E-state index contributed by atoms with van der Waals surface area (Å²) < 4.78 is 23.7. The molecule has 8 heteroatoms. The Hall–Kier alpha value is -2.74. The second-order valence-corrected chi connectivity index (χ2v) is 5.49. The van der Waals surface area contributed by atoms with Gasteiger partial charge in [0, 0.05) is 0 Å². The molecular formula is C15H12FN3O3S. The first-order valence-corrected chi connectivity index (χ1v) is 7.57. The summed E-state index contributed by atoms with van der Waals surface area (Å²) in [4.78, 5) is 16.1. The molecule has 0 radical (unpaired) electrons. The predicted octanol–water partition coefficient (Wildman–Crippen LogP) is 3.26. The summed E-state index contributed by atoms with van der Waals surface area (Å²) in [6, 6.07) is 7.67. The minimum atomic E-state index is -0.515. The number of aromatic nitrogens is 2. The van der Waals surface area contributed by atoms with Crippen molar-refractivity contribution < 1.29 is 18.4 Å². The zero-order chi connectivity index (χ0) is 16.2. The maximum Gasteiger partial charge on any atom is 0.262 e. The van der Waals surface area contributed by atoms with E-state index in [0.29, 0.717) is 22.3 Å². The number of carbonyl (C=O) groups excluding carboxylic acids is 1. The molecule has 0 unspecified atom stereocenters. The van der Waals surface area contributed by atoms with E-state index in [1.807, 2.05) is 0 Å². The van der Waals surface area contributed by atoms with Crippen molar-refractivity contribution in [3.8, 4) is 17.2 Å². The largest absolute Gasteiger partial charge is 0.481 e. The van der Waals surface area contributed by atoms with E-state index in [0.717, 1.165) is 0 Å². The molecule has 2 heterocycles. The minimum absolute atomic E-state index is 0.0292. The molecule has 0 spiro atoms. The molecule has 2 aromatic heterocycles. The summed E-state index contributed by atoms with van der Waals surface area (Å²) in [5.74, 6) is -0.0614. The van der Waals surface area contributed by atoms with Crippen molar-refractivity contribution in [2.24, 2.45) is 0 Å². The van der Waals surface area contributed by atoms with Crippen molar-refractivity contribution >= 4 is 22.2 Å². The zero-order valence-electron chi connectivity index (χ0n) is 12.1. The van der Waals surface area contributed by atoms with Crippen molar-refractivity contribution in [2.75, 3.05) is 11.9 Å². The second-order valence-electron chi connectivity index (χ2n) is 4.58. The Labute approximate surface area is 134 Å². The normalized spacial score (nSPS) is 10.5. The third kappa shape index (κ3) is 3.54. The Morgan fingerprint density at radius 2 is 2.22 bits per heavy atom. The number of benzene rings is 1. The van der Waals surface area contributed by atoms with Crippen LogP contribution in [0.2, 0.25) is 0 Å². The average Bonchev–Trinajstić information content (AvgIpc) is 3.15. The number of aryl methyl sites for hydroxylation is 1. The molecule has 1 N–H and O–H groups in total. The van der Waals surface area contributed by atoms with Crippen LogP contribution < -0.4 is 10.1 Å². The van der Waals surface area contributed by atoms with Gasteiger partial charge in [-0.2, -0.15) is 4.98 Å². The molecule has 0 saturated heterocycles. The van der Waals surface area contributed by atoms with E-state index in [1.54, 1.807) is 30.5 Å². The molecule has 0 saturated carbocycles. The van der Waals surface area contributed by atoms with Gasteiger partial charge in [-0.15, -0.1) is 11.3 Å². The highest BCUT2D eigenvalue weighted by Crippen LogP contribution is 2.32. The number of carbonyl (C=O) groups is 1. The first-order chi connectivity index (χ1) is 11.1. The lowest BCUT2D eigenvalue weighted by Crippen LogP contribution is -2.20. The standard InChI is InChI=1S/C15H12FN3O3S/c1-9-17-14(22-19-9)10-6-7-23-15(10)18-13(20)8-21-12-5-3-2-4-11(12)16/h2-7H,8H2,1H3,(H,18,20). The SMILES string of the molecule is Cc1noc(-c2ccsc2NC(=O)COc2ccccc2F)n1. The quantitative estimate of drug-likeness (QED) is 0.775. The fourth-order valence-corrected chi connectivity index (χ4v) is 2.64. The lowest BCUT2D eigenvalue weighted by atomic mass is 10.3. The van der Waals surface area contributed by atoms with E-state index in [4.69, 9.17) is 9.26 Å². The van der Waals surface area contributed by atoms with E-state index in [1.165, 1.54) is 23.5 Å². The van der Waals surface area contributed by atoms with Crippen LogP contribution in [0.15, 0.2) is 40.2 Å². The summed E-state index contributed by atoms with van der Waals surface area (Å²) in [7, 11) is 0. The van der Waals surface area contributed by atoms with Crippen molar-refractivity contribution in [1.29, 1.82) is 0 Å². The lowest BCUT2D eigenvalue weighted by molar-refractivity contribution is -0.118. The van der Waals surface area contributed by atoms with Crippen molar-refractivity contribution in [3.63, 3.8) is 0 Å². The van der Waals surface area contributed by atoms with E-state index in [-0.39, 0.29) is 12.4 Å². The summed E-state index contributed by atoms with van der Waals surface area (Å²) in [5.41, 5.74) is 0.634. The Morgan fingerprint density at radius 3 is 2.96 bits per heavy atom. The molecule has 0 aliphatic heterocycles. The summed E-state index contributed by atoms with van der Waals surface area (Å²) in [6.07, 6.45) is 0. The number of thiophene rings is 1. The van der Waals surface area contributed by atoms with Crippen LogP contribution >= 0.6 is 11.3 Å². The molecule has 0 aliphatic carbocycles. The maximum absolute atomic E-state index is 13.4. The van der Waals surface area contributed by atoms with Gasteiger partial charge in [-0.25, -0.2) is 4.39 Å². The fraction of sp³-hybridized carbons (Fsp3) is 0.133. The number of hydrogen-bond acceptors (Lipinski definition) is 6. The van der Waals surface area contributed by atoms with E-state index < -0.39 is 11.7 Å². The Bertz CT molecular complexity index is 831. The Kier molecular flexibility index (Phi) is 4.33. The molecule has 118 valence electrons. The van der Waals surface area contributed by atoms with Crippen LogP contribution in [0.1, 0.15) is 5.82 Å². The van der Waals surface area contributed by atoms with E-state index >= 15 is 0 Å². The highest BCUT2D eigenvalue weighted by molar-refractivity contribution is 7.15. The number of amides is 1. The topological polar surface area (TPSA) is 77.2 Å². The smallest absolute Gasteiger partial charge is 0.262 e. The third-order valence-corrected chi connectivity index (χ3v) is 3.70. The Balaban J connectivity index is 1.65. The number of para-hydroxylation sites is 1. The van der Waals surface area contributed by atoms with Gasteiger partial charge in [0.2, 0.25) is 0 Å². The number of ether oxygens (including phenoxy) is 1. The molecule has 0 aliphatic rings. The first kappa shape index (κ1) is 15.2. The Morgan fingerprint density at radius 1 is 1.39 bits per heavy atom. The van der Waals surface area contributed by atoms with E-state index in [9.17, 15) is 9.18 Å². The van der Waals surface area contributed by atoms with Gasteiger partial charge < -0.3 is 14.6 Å². The first-order valence-electron chi connectivity index (χ1n) is 6.69. The molecule has 6 nitrogen and oxygen atoms in total. The molecule has 1 amide bonds. The van der Waals surface area contributed by atoms with Gasteiger partial charge in [0.1, 0.15) is 5.00 Å². The summed E-state index contributed by atoms with van der Waals surface area (Å²) >= 11 is 1.32. The van der Waals surface area contributed by atoms with E-state index in [2.05, 4.69) is 15.5 Å². The number of nitrogens with zero attached hydrogens (tertiary/aromatic N) is 2. The van der Waals surface area contributed by atoms with Crippen LogP contribution in [0.25, 0.3) is 11.5 Å². The number of halogens is 1. The van der Waals surface area contributed by atoms with Crippen LogP contribution in [-0.4, -0.2) is 22.7 Å². The third-order valence-electron chi connectivity index (χ3n) is 2.87. The molecule has 23 heavy (non-hydrogen) atoms. The monoisotopic (exact) mass is 333 g/mol. The summed E-state index contributed by atoms with van der Waals surface area (Å²) in [6.45, 7) is 1.40. The second kappa shape index (κ2) is 6.57. The van der Waals surface area contributed by atoms with Crippen molar-refractivity contribution in [2.45, 2.75) is 6.92 Å². The lowest BCUT2D eigenvalue weighted by Gasteiger charge is -2.07. The van der Waals surface area contributed by atoms with Crippen molar-refractivity contribution in [1.82, 2.24) is 10.1 Å². The molecule has 3 rings (SSSR count). The highest BCUT2D eigenvalue weighted by Gasteiger charge is 2.15. The van der Waals surface area contributed by atoms with Gasteiger partial charge >= 0.3 is 0 Å². The average molecular weight is 333 g/mol. The molecule has 0 fully saturated rings. The van der Waals surface area contributed by atoms with Crippen LogP contribution in [0.4, 0.5) is 9.39 Å². The van der Waals surface area contributed by atoms with Gasteiger partial charge in [0.25, 0.3) is 11.8 Å². The van der Waals surface area contributed by atoms with Crippen LogP contribution in [-0.2, 0) is 4.79 Å². The molecular weight excluding hydrogens is 321 g/mol. The number of nitrogens with one attached hydrogen (secondary N) is 1. The van der Waals surface area contributed by atoms with Crippen LogP contribution in [0, 0.1) is 12.7 Å². The van der Waals surface area contributed by atoms with Gasteiger partial charge in [-0.1, -0.05) is 17.3 Å². The minimum Gasteiger partial charge on any atom is -0.481 e. The van der Waals surface area contributed by atoms with Gasteiger partial charge in [0.15, 0.2) is 24.0 Å². The molecule has 1 aromatic carbocycles. The number of rotatable bonds is 5. The van der Waals surface area contributed by atoms with Gasteiger partial charge in [-0.05, 0) is 30.5 Å². The van der Waals surface area contributed by atoms with Crippen LogP contribution in [0.5, 0.6) is 5.75 Å². The zero-order valence-corrected chi connectivity index (χ0v) is 12.9.